The van der Waals surface area contributed by atoms with Crippen LogP contribution in [0.5, 0.6) is 0 Å². The smallest absolute Gasteiger partial charge is 0.125 e. The highest BCUT2D eigenvalue weighted by Gasteiger charge is 2.21. The van der Waals surface area contributed by atoms with Gasteiger partial charge in [-0.3, -0.25) is 0 Å². The molecule has 1 aromatic rings. The number of hydrogen-bond donors (Lipinski definition) is 2. The number of anilines is 2. The van der Waals surface area contributed by atoms with Gasteiger partial charge in [0.05, 0.1) is 30.7 Å². The van der Waals surface area contributed by atoms with Crippen molar-refractivity contribution in [1.29, 1.82) is 0 Å². The molecule has 0 spiro atoms. The second kappa shape index (κ2) is 4.67. The van der Waals surface area contributed by atoms with Crippen molar-refractivity contribution < 1.29 is 14.2 Å². The normalized spacial score (nSPS) is 21.1. The van der Waals surface area contributed by atoms with Gasteiger partial charge in [0.2, 0.25) is 0 Å². The van der Waals surface area contributed by atoms with Crippen LogP contribution in [0.2, 0.25) is 0 Å². The quantitative estimate of drug-likeness (QED) is 0.725. The van der Waals surface area contributed by atoms with Crippen molar-refractivity contribution in [3.8, 4) is 0 Å². The van der Waals surface area contributed by atoms with E-state index in [2.05, 4.69) is 0 Å². The van der Waals surface area contributed by atoms with Gasteiger partial charge in [0, 0.05) is 13.1 Å². The lowest BCUT2D eigenvalue weighted by Gasteiger charge is -2.34. The molecule has 1 aromatic carbocycles. The number of nitrogens with zero attached hydrogens (tertiary/aromatic N) is 1. The molecule has 1 atom stereocenters. The monoisotopic (exact) mass is 226 g/mol. The summed E-state index contributed by atoms with van der Waals surface area (Å²) in [6, 6.07) is 4.30. The highest BCUT2D eigenvalue weighted by Crippen LogP contribution is 2.25. The third-order valence-corrected chi connectivity index (χ3v) is 2.68. The van der Waals surface area contributed by atoms with E-state index in [1.54, 1.807) is 6.07 Å². The zero-order chi connectivity index (χ0) is 11.5. The second-order valence-corrected chi connectivity index (χ2v) is 3.82. The highest BCUT2D eigenvalue weighted by atomic mass is 19.1. The zero-order valence-corrected chi connectivity index (χ0v) is 8.90. The van der Waals surface area contributed by atoms with Gasteiger partial charge in [-0.05, 0) is 18.2 Å². The highest BCUT2D eigenvalue weighted by molar-refractivity contribution is 5.67. The molecule has 1 saturated heterocycles. The van der Waals surface area contributed by atoms with E-state index in [0.29, 0.717) is 31.1 Å². The Labute approximate surface area is 93.4 Å². The maximum Gasteiger partial charge on any atom is 0.125 e. The van der Waals surface area contributed by atoms with Gasteiger partial charge in [-0.2, -0.15) is 0 Å². The van der Waals surface area contributed by atoms with Crippen LogP contribution in [0.15, 0.2) is 18.2 Å². The first-order valence-corrected chi connectivity index (χ1v) is 5.23. The van der Waals surface area contributed by atoms with Gasteiger partial charge in [0.15, 0.2) is 0 Å². The van der Waals surface area contributed by atoms with Crippen LogP contribution in [0.4, 0.5) is 15.8 Å². The van der Waals surface area contributed by atoms with Crippen molar-refractivity contribution in [3.05, 3.63) is 24.0 Å². The van der Waals surface area contributed by atoms with Gasteiger partial charge in [0.1, 0.15) is 5.82 Å². The molecular weight excluding hydrogens is 211 g/mol. The average Bonchev–Trinajstić information content (AvgIpc) is 2.32. The lowest BCUT2D eigenvalue weighted by molar-refractivity contribution is 0.00359. The van der Waals surface area contributed by atoms with Crippen molar-refractivity contribution in [1.82, 2.24) is 0 Å². The minimum absolute atomic E-state index is 0.0360. The molecule has 1 aliphatic rings. The molecule has 88 valence electrons. The fourth-order valence-electron chi connectivity index (χ4n) is 1.84. The second-order valence-electron chi connectivity index (χ2n) is 3.82. The Morgan fingerprint density at radius 3 is 3.12 bits per heavy atom. The van der Waals surface area contributed by atoms with Crippen molar-refractivity contribution in [3.63, 3.8) is 0 Å². The number of benzene rings is 1. The maximum absolute atomic E-state index is 13.1. The average molecular weight is 226 g/mol. The molecule has 1 heterocycles. The van der Waals surface area contributed by atoms with E-state index < -0.39 is 0 Å². The number of hydrogen-bond acceptors (Lipinski definition) is 4. The lowest BCUT2D eigenvalue weighted by atomic mass is 10.2. The van der Waals surface area contributed by atoms with Gasteiger partial charge in [0.25, 0.3) is 0 Å². The molecule has 0 aromatic heterocycles. The predicted molar refractivity (Wildman–Crippen MR) is 59.9 cm³/mol. The Hall–Kier alpha value is -1.33. The molecular formula is C11H15FN2O2. The van der Waals surface area contributed by atoms with Crippen LogP contribution in [0.25, 0.3) is 0 Å². The summed E-state index contributed by atoms with van der Waals surface area (Å²) in [6.45, 7) is 1.67. The molecule has 0 radical (unpaired) electrons. The van der Waals surface area contributed by atoms with E-state index in [9.17, 15) is 4.39 Å². The first-order valence-electron chi connectivity index (χ1n) is 5.23. The maximum atomic E-state index is 13.1. The van der Waals surface area contributed by atoms with Crippen molar-refractivity contribution >= 4 is 11.4 Å². The summed E-state index contributed by atoms with van der Waals surface area (Å²) in [7, 11) is 0. The predicted octanol–water partition coefficient (Wildman–Crippen LogP) is 0.605. The summed E-state index contributed by atoms with van der Waals surface area (Å²) in [4.78, 5) is 1.93. The van der Waals surface area contributed by atoms with E-state index in [-0.39, 0.29) is 18.5 Å². The third-order valence-electron chi connectivity index (χ3n) is 2.68. The summed E-state index contributed by atoms with van der Waals surface area (Å²) >= 11 is 0. The molecule has 0 saturated carbocycles. The van der Waals surface area contributed by atoms with Crippen molar-refractivity contribution in [2.75, 3.05) is 36.9 Å². The molecule has 0 amide bonds. The van der Waals surface area contributed by atoms with Gasteiger partial charge >= 0.3 is 0 Å². The van der Waals surface area contributed by atoms with E-state index in [1.165, 1.54) is 12.1 Å². The molecule has 1 aliphatic heterocycles. The van der Waals surface area contributed by atoms with E-state index >= 15 is 0 Å². The number of ether oxygens (including phenoxy) is 1. The summed E-state index contributed by atoms with van der Waals surface area (Å²) < 4.78 is 18.4. The van der Waals surface area contributed by atoms with Gasteiger partial charge in [-0.1, -0.05) is 0 Å². The first-order chi connectivity index (χ1) is 7.70. The van der Waals surface area contributed by atoms with Crippen LogP contribution < -0.4 is 10.6 Å². The molecule has 0 aliphatic carbocycles. The summed E-state index contributed by atoms with van der Waals surface area (Å²) in [5.41, 5.74) is 7.01. The minimum atomic E-state index is -0.309. The minimum Gasteiger partial charge on any atom is -0.397 e. The molecule has 16 heavy (non-hydrogen) atoms. The van der Waals surface area contributed by atoms with Gasteiger partial charge in [-0.25, -0.2) is 4.39 Å². The number of nitrogen functional groups attached to an aromatic ring is 1. The van der Waals surface area contributed by atoms with Crippen molar-refractivity contribution in [2.24, 2.45) is 0 Å². The molecule has 2 rings (SSSR count). The lowest BCUT2D eigenvalue weighted by Crippen LogP contribution is -2.44. The number of aliphatic hydroxyl groups excluding tert-OH is 1. The van der Waals surface area contributed by atoms with Gasteiger partial charge in [-0.15, -0.1) is 0 Å². The Kier molecular flexibility index (Phi) is 3.26. The van der Waals surface area contributed by atoms with E-state index in [4.69, 9.17) is 15.6 Å². The Morgan fingerprint density at radius 2 is 2.38 bits per heavy atom. The van der Waals surface area contributed by atoms with Crippen LogP contribution >= 0.6 is 0 Å². The third kappa shape index (κ3) is 2.25. The standard InChI is InChI=1S/C11H15FN2O2/c12-8-1-2-10(13)11(5-8)14-3-4-16-9(6-14)7-15/h1-2,5,9,15H,3-4,6-7,13H2. The molecule has 1 fully saturated rings. The number of rotatable bonds is 2. The fraction of sp³-hybridized carbons (Fsp3) is 0.455. The van der Waals surface area contributed by atoms with Crippen LogP contribution in [0.3, 0.4) is 0 Å². The van der Waals surface area contributed by atoms with Crippen LogP contribution in [-0.4, -0.2) is 37.5 Å². The fourth-order valence-corrected chi connectivity index (χ4v) is 1.84. The molecule has 0 bridgehead atoms. The Morgan fingerprint density at radius 1 is 1.56 bits per heavy atom. The number of morpholine rings is 1. The van der Waals surface area contributed by atoms with Crippen LogP contribution in [-0.2, 0) is 4.74 Å². The number of nitrogens with two attached hydrogens (primary N) is 1. The van der Waals surface area contributed by atoms with Crippen molar-refractivity contribution in [2.45, 2.75) is 6.10 Å². The molecule has 5 heteroatoms. The van der Waals surface area contributed by atoms with Crippen LogP contribution in [0.1, 0.15) is 0 Å². The zero-order valence-electron chi connectivity index (χ0n) is 8.90. The Balaban J connectivity index is 2.19. The molecule has 1 unspecified atom stereocenters. The summed E-state index contributed by atoms with van der Waals surface area (Å²) in [5.74, 6) is -0.309. The topological polar surface area (TPSA) is 58.7 Å². The summed E-state index contributed by atoms with van der Waals surface area (Å²) in [5, 5.41) is 9.02. The molecule has 4 nitrogen and oxygen atoms in total. The van der Waals surface area contributed by atoms with Crippen LogP contribution in [0, 0.1) is 5.82 Å². The van der Waals surface area contributed by atoms with Gasteiger partial charge < -0.3 is 20.5 Å². The molecule has 3 N–H and O–H groups in total. The number of aliphatic hydroxyl groups is 1. The largest absolute Gasteiger partial charge is 0.397 e. The van der Waals surface area contributed by atoms with E-state index in [1.807, 2.05) is 4.90 Å². The number of halogens is 1. The summed E-state index contributed by atoms with van der Waals surface area (Å²) in [6.07, 6.45) is -0.226. The Bertz CT molecular complexity index is 373. The van der Waals surface area contributed by atoms with E-state index in [0.717, 1.165) is 0 Å². The first kappa shape index (κ1) is 11.2. The SMILES string of the molecule is Nc1ccc(F)cc1N1CCOC(CO)C1.